The Morgan fingerprint density at radius 2 is 0.962 bits per heavy atom. The van der Waals surface area contributed by atoms with E-state index in [1.807, 2.05) is 104 Å². The number of para-hydroxylation sites is 4. The molecule has 5 aromatic heterocycles. The quantitative estimate of drug-likeness (QED) is 0.165. The van der Waals surface area contributed by atoms with Gasteiger partial charge in [0.2, 0.25) is 17.7 Å². The summed E-state index contributed by atoms with van der Waals surface area (Å²) in [5, 5.41) is 0.563. The third kappa shape index (κ3) is 5.88. The van der Waals surface area contributed by atoms with Gasteiger partial charge in [-0.25, -0.2) is 15.0 Å². The first-order valence-corrected chi connectivity index (χ1v) is 16.8. The van der Waals surface area contributed by atoms with Gasteiger partial charge in [0.15, 0.2) is 16.6 Å². The summed E-state index contributed by atoms with van der Waals surface area (Å²) in [4.78, 5) is 23.2. The molecule has 0 fully saturated rings. The number of oxazole rings is 3. The van der Waals surface area contributed by atoms with Crippen LogP contribution in [-0.4, -0.2) is 24.9 Å². The number of pyridine rings is 2. The number of allylic oxidation sites excluding steroid dienone is 2. The highest BCUT2D eigenvalue weighted by Gasteiger charge is 2.15. The van der Waals surface area contributed by atoms with Gasteiger partial charge in [-0.3, -0.25) is 9.97 Å². The maximum absolute atomic E-state index is 6.13. The summed E-state index contributed by atoms with van der Waals surface area (Å²) in [6, 6.07) is 34.2. The van der Waals surface area contributed by atoms with Crippen LogP contribution in [0.1, 0.15) is 6.92 Å². The molecule has 0 spiro atoms. The predicted octanol–water partition coefficient (Wildman–Crippen LogP) is 9.52. The summed E-state index contributed by atoms with van der Waals surface area (Å²) in [6.45, 7) is 6.00. The van der Waals surface area contributed by atoms with Gasteiger partial charge in [-0.1, -0.05) is 55.1 Å². The van der Waals surface area contributed by atoms with Crippen molar-refractivity contribution in [2.45, 2.75) is 6.92 Å². The number of rotatable bonds is 7. The second-order valence-electron chi connectivity index (χ2n) is 12.3. The maximum atomic E-state index is 6.13. The third-order valence-electron chi connectivity index (χ3n) is 8.77. The molecule has 0 atom stereocenters. The largest absolute Gasteiger partial charge is 0.436 e. The van der Waals surface area contributed by atoms with E-state index in [0.29, 0.717) is 28.4 Å². The highest BCUT2D eigenvalue weighted by atomic mass is 16.4. The molecule has 0 aliphatic carbocycles. The number of hydrogen-bond donors (Lipinski definition) is 0. The first kappa shape index (κ1) is 30.8. The summed E-state index contributed by atoms with van der Waals surface area (Å²) in [5.74, 6) is 1.53. The molecule has 0 bridgehead atoms. The van der Waals surface area contributed by atoms with E-state index in [2.05, 4.69) is 57.9 Å². The highest BCUT2D eigenvalue weighted by Crippen LogP contribution is 2.36. The molecule has 0 unspecified atom stereocenters. The normalized spacial score (nSPS) is 12.1. The van der Waals surface area contributed by atoms with Crippen LogP contribution in [0, 0.1) is 0 Å². The second kappa shape index (κ2) is 12.9. The Kier molecular flexibility index (Phi) is 7.67. The molecular weight excluding hydrogens is 647 g/mol. The van der Waals surface area contributed by atoms with Crippen LogP contribution < -0.4 is 10.8 Å². The smallest absolute Gasteiger partial charge is 0.228 e. The lowest BCUT2D eigenvalue weighted by molar-refractivity contribution is 0.540. The van der Waals surface area contributed by atoms with Gasteiger partial charge in [-0.2, -0.15) is 0 Å². The molecule has 0 N–H and O–H groups in total. The molecular formula is C44H29N5O3. The maximum Gasteiger partial charge on any atom is 0.228 e. The van der Waals surface area contributed by atoms with Crippen molar-refractivity contribution in [1.82, 2.24) is 24.9 Å². The van der Waals surface area contributed by atoms with Crippen molar-refractivity contribution >= 4 is 34.9 Å². The average molecular weight is 676 g/mol. The SMILES string of the molecule is C=c1nc(-c2cncc(-c3cc(-c4cccc(-c5nc6ccccc6o5)c4)cc(-c4cncc(-c5nc6ccccc6o5)c4)c3)c2)o/c1=C/C=C\C. The fraction of sp³-hybridized carbons (Fsp3) is 0.0227. The van der Waals surface area contributed by atoms with Crippen molar-refractivity contribution in [3.63, 3.8) is 0 Å². The van der Waals surface area contributed by atoms with E-state index in [4.69, 9.17) is 23.2 Å². The van der Waals surface area contributed by atoms with Crippen LogP contribution in [0.3, 0.4) is 0 Å². The molecule has 248 valence electrons. The molecule has 8 heteroatoms. The zero-order chi connectivity index (χ0) is 35.0. The average Bonchev–Trinajstić information content (AvgIpc) is 3.94. The van der Waals surface area contributed by atoms with Gasteiger partial charge in [0.25, 0.3) is 0 Å². The zero-order valence-electron chi connectivity index (χ0n) is 28.0. The lowest BCUT2D eigenvalue weighted by Crippen LogP contribution is -2.19. The molecule has 52 heavy (non-hydrogen) atoms. The molecule has 0 saturated carbocycles. The Balaban J connectivity index is 1.18. The number of nitrogens with zero attached hydrogens (tertiary/aromatic N) is 5. The fourth-order valence-corrected chi connectivity index (χ4v) is 6.18. The van der Waals surface area contributed by atoms with Crippen LogP contribution >= 0.6 is 0 Å². The first-order valence-electron chi connectivity index (χ1n) is 16.8. The van der Waals surface area contributed by atoms with Gasteiger partial charge < -0.3 is 13.3 Å². The topological polar surface area (TPSA) is 104 Å². The molecule has 8 nitrogen and oxygen atoms in total. The van der Waals surface area contributed by atoms with E-state index in [-0.39, 0.29) is 0 Å². The first-order chi connectivity index (χ1) is 25.6. The zero-order valence-corrected chi connectivity index (χ0v) is 28.0. The van der Waals surface area contributed by atoms with Crippen molar-refractivity contribution < 1.29 is 13.3 Å². The van der Waals surface area contributed by atoms with E-state index >= 15 is 0 Å². The molecule has 0 aliphatic rings. The third-order valence-corrected chi connectivity index (χ3v) is 8.77. The highest BCUT2D eigenvalue weighted by molar-refractivity contribution is 5.85. The van der Waals surface area contributed by atoms with Crippen molar-refractivity contribution in [2.24, 2.45) is 0 Å². The Bertz CT molecular complexity index is 2710. The lowest BCUT2D eigenvalue weighted by Gasteiger charge is -2.12. The summed E-state index contributed by atoms with van der Waals surface area (Å²) in [6.07, 6.45) is 12.9. The van der Waals surface area contributed by atoms with Crippen LogP contribution in [0.2, 0.25) is 0 Å². The summed E-state index contributed by atoms with van der Waals surface area (Å²) in [5.41, 5.74) is 11.8. The number of benzene rings is 4. The van der Waals surface area contributed by atoms with E-state index in [1.54, 1.807) is 12.4 Å². The van der Waals surface area contributed by atoms with Crippen molar-refractivity contribution in [3.05, 3.63) is 151 Å². The molecule has 0 saturated heterocycles. The monoisotopic (exact) mass is 675 g/mol. The second-order valence-corrected chi connectivity index (χ2v) is 12.3. The van der Waals surface area contributed by atoms with Crippen molar-refractivity contribution in [1.29, 1.82) is 0 Å². The van der Waals surface area contributed by atoms with Crippen molar-refractivity contribution in [2.75, 3.05) is 0 Å². The van der Waals surface area contributed by atoms with Gasteiger partial charge in [0.05, 0.1) is 11.1 Å². The predicted molar refractivity (Wildman–Crippen MR) is 204 cm³/mol. The van der Waals surface area contributed by atoms with Crippen LogP contribution in [0.5, 0.6) is 0 Å². The molecule has 0 radical (unpaired) electrons. The van der Waals surface area contributed by atoms with Crippen LogP contribution in [0.15, 0.2) is 153 Å². The van der Waals surface area contributed by atoms with Crippen LogP contribution in [0.4, 0.5) is 0 Å². The van der Waals surface area contributed by atoms with E-state index in [9.17, 15) is 0 Å². The Hall–Kier alpha value is -7.19. The Morgan fingerprint density at radius 1 is 0.481 bits per heavy atom. The number of aromatic nitrogens is 5. The van der Waals surface area contributed by atoms with E-state index in [1.165, 1.54) is 0 Å². The molecule has 5 heterocycles. The van der Waals surface area contributed by atoms with Gasteiger partial charge >= 0.3 is 0 Å². The molecule has 9 aromatic rings. The van der Waals surface area contributed by atoms with Gasteiger partial charge in [-0.05, 0) is 102 Å². The molecule has 9 rings (SSSR count). The van der Waals surface area contributed by atoms with Gasteiger partial charge in [0, 0.05) is 41.5 Å². The Morgan fingerprint density at radius 3 is 1.56 bits per heavy atom. The van der Waals surface area contributed by atoms with Gasteiger partial charge in [-0.15, -0.1) is 0 Å². The molecule has 4 aromatic carbocycles. The Labute approximate surface area is 297 Å². The summed E-state index contributed by atoms with van der Waals surface area (Å²) < 4.78 is 18.3. The van der Waals surface area contributed by atoms with Crippen molar-refractivity contribution in [3.8, 4) is 67.7 Å². The minimum Gasteiger partial charge on any atom is -0.436 e. The summed E-state index contributed by atoms with van der Waals surface area (Å²) in [7, 11) is 0. The summed E-state index contributed by atoms with van der Waals surface area (Å²) >= 11 is 0. The van der Waals surface area contributed by atoms with E-state index < -0.39 is 0 Å². The minimum atomic E-state index is 0.452. The van der Waals surface area contributed by atoms with Gasteiger partial charge in [0.1, 0.15) is 16.4 Å². The van der Waals surface area contributed by atoms with E-state index in [0.717, 1.165) is 72.3 Å². The molecule has 0 aliphatic heterocycles. The van der Waals surface area contributed by atoms with Crippen LogP contribution in [0.25, 0.3) is 103 Å². The number of hydrogen-bond acceptors (Lipinski definition) is 8. The number of fused-ring (bicyclic) bond motifs is 2. The van der Waals surface area contributed by atoms with Crippen LogP contribution in [-0.2, 0) is 0 Å². The standard InChI is InChI=1S/C44H29N5O3/c1-3-4-14-39-27(2)47-43(50-39)35-21-33(23-45-25-35)31-18-30(28-10-9-11-29(17-28)42-48-37-12-5-7-15-40(37)51-42)19-32(20-31)34-22-36(26-46-24-34)44-49-38-13-6-8-16-41(38)52-44/h3-26H,2H2,1H3/b4-3-,39-14+. The lowest BCUT2D eigenvalue weighted by atomic mass is 9.93. The minimum absolute atomic E-state index is 0.452. The molecule has 0 amide bonds. The fourth-order valence-electron chi connectivity index (χ4n) is 6.18.